The molecule has 0 saturated carbocycles. The molecule has 37 heavy (non-hydrogen) atoms. The van der Waals surface area contributed by atoms with E-state index in [1.807, 2.05) is 6.07 Å². The molecule has 0 radical (unpaired) electrons. The van der Waals surface area contributed by atoms with Crippen LogP contribution >= 0.6 is 11.6 Å². The molecular formula is C36H35Cl. The molecule has 2 aliphatic carbocycles. The van der Waals surface area contributed by atoms with Crippen molar-refractivity contribution in [3.8, 4) is 11.1 Å². The molecule has 1 unspecified atom stereocenters. The van der Waals surface area contributed by atoms with Gasteiger partial charge in [0.25, 0.3) is 0 Å². The van der Waals surface area contributed by atoms with Crippen LogP contribution < -0.4 is 0 Å². The first-order valence-corrected chi connectivity index (χ1v) is 14.2. The Morgan fingerprint density at radius 3 is 2.41 bits per heavy atom. The van der Waals surface area contributed by atoms with Crippen LogP contribution in [0, 0.1) is 13.8 Å². The smallest absolute Gasteiger partial charge is 0.0409 e. The lowest BCUT2D eigenvalue weighted by molar-refractivity contribution is 0.720. The fourth-order valence-corrected chi connectivity index (χ4v) is 7.09. The Kier molecular flexibility index (Phi) is 6.33. The third kappa shape index (κ3) is 4.07. The third-order valence-electron chi connectivity index (χ3n) is 8.66. The third-order valence-corrected chi connectivity index (χ3v) is 8.89. The fraction of sp³-hybridized carbons (Fsp3) is 0.278. The van der Waals surface area contributed by atoms with Crippen LogP contribution in [0.3, 0.4) is 0 Å². The molecule has 2 aliphatic rings. The Hall–Kier alpha value is -3.09. The number of allylic oxidation sites excluding steroid dienone is 4. The van der Waals surface area contributed by atoms with E-state index >= 15 is 0 Å². The van der Waals surface area contributed by atoms with Gasteiger partial charge in [0, 0.05) is 10.9 Å². The summed E-state index contributed by atoms with van der Waals surface area (Å²) in [4.78, 5) is 0. The highest BCUT2D eigenvalue weighted by atomic mass is 35.5. The zero-order valence-corrected chi connectivity index (χ0v) is 23.2. The van der Waals surface area contributed by atoms with E-state index < -0.39 is 0 Å². The van der Waals surface area contributed by atoms with Gasteiger partial charge in [-0.05, 0) is 131 Å². The van der Waals surface area contributed by atoms with Gasteiger partial charge in [0.15, 0.2) is 0 Å². The summed E-state index contributed by atoms with van der Waals surface area (Å²) in [6.45, 7) is 9.08. The van der Waals surface area contributed by atoms with Crippen molar-refractivity contribution in [3.05, 3.63) is 122 Å². The monoisotopic (exact) mass is 502 g/mol. The molecule has 1 heteroatoms. The highest BCUT2D eigenvalue weighted by Gasteiger charge is 2.31. The molecule has 0 aromatic heterocycles. The fourth-order valence-electron chi connectivity index (χ4n) is 6.91. The summed E-state index contributed by atoms with van der Waals surface area (Å²) in [6.07, 6.45) is 10.1. The Labute approximate surface area is 226 Å². The lowest BCUT2D eigenvalue weighted by Gasteiger charge is -2.34. The molecule has 4 aromatic rings. The van der Waals surface area contributed by atoms with Gasteiger partial charge in [-0.3, -0.25) is 0 Å². The number of hydrogen-bond acceptors (Lipinski definition) is 0. The van der Waals surface area contributed by atoms with Crippen molar-refractivity contribution in [2.45, 2.75) is 65.7 Å². The molecule has 6 rings (SSSR count). The van der Waals surface area contributed by atoms with Crippen LogP contribution in [0.4, 0.5) is 0 Å². The quantitative estimate of drug-likeness (QED) is 0.260. The van der Waals surface area contributed by atoms with Crippen molar-refractivity contribution < 1.29 is 0 Å². The largest absolute Gasteiger partial charge is 0.0843 e. The molecule has 0 bridgehead atoms. The van der Waals surface area contributed by atoms with Crippen molar-refractivity contribution >= 4 is 27.9 Å². The summed E-state index contributed by atoms with van der Waals surface area (Å²) in [5.41, 5.74) is 15.7. The number of halogens is 1. The van der Waals surface area contributed by atoms with E-state index in [2.05, 4.69) is 94.4 Å². The highest BCUT2D eigenvalue weighted by Crippen LogP contribution is 2.48. The van der Waals surface area contributed by atoms with E-state index in [0.29, 0.717) is 5.92 Å². The van der Waals surface area contributed by atoms with Crippen LogP contribution in [0.1, 0.15) is 71.6 Å². The topological polar surface area (TPSA) is 0 Å². The molecule has 0 amide bonds. The average Bonchev–Trinajstić information content (AvgIpc) is 2.92. The van der Waals surface area contributed by atoms with Gasteiger partial charge in [0.1, 0.15) is 0 Å². The molecule has 0 fully saturated rings. The van der Waals surface area contributed by atoms with Crippen LogP contribution in [-0.2, 0) is 19.3 Å². The summed E-state index contributed by atoms with van der Waals surface area (Å²) in [5.74, 6) is 0.378. The molecule has 0 heterocycles. The Morgan fingerprint density at radius 1 is 0.865 bits per heavy atom. The van der Waals surface area contributed by atoms with Crippen LogP contribution in [0.15, 0.2) is 78.4 Å². The molecule has 0 spiro atoms. The van der Waals surface area contributed by atoms with Gasteiger partial charge in [0.2, 0.25) is 0 Å². The van der Waals surface area contributed by atoms with Crippen LogP contribution in [0.2, 0.25) is 5.02 Å². The number of aryl methyl sites for hydroxylation is 4. The number of rotatable bonds is 4. The molecule has 186 valence electrons. The second-order valence-electron chi connectivity index (χ2n) is 10.8. The second kappa shape index (κ2) is 9.66. The maximum Gasteiger partial charge on any atom is 0.0409 e. The van der Waals surface area contributed by atoms with Crippen molar-refractivity contribution in [2.24, 2.45) is 0 Å². The molecule has 0 nitrogen and oxygen atoms in total. The molecule has 1 atom stereocenters. The van der Waals surface area contributed by atoms with E-state index in [1.165, 1.54) is 66.4 Å². The van der Waals surface area contributed by atoms with Crippen LogP contribution in [0.5, 0.6) is 0 Å². The molecule has 0 saturated heterocycles. The summed E-state index contributed by atoms with van der Waals surface area (Å²) in [6, 6.07) is 22.8. The molecular weight excluding hydrogens is 468 g/mol. The standard InChI is InChI=1S/C36H35Cl/c1-5-24-10-9-11-25(6-2)36(24)27-18-23(4)35-26(19-27)15-17-31-29-12-7-8-13-30(29)33(21-34(31)35)32-20-28(37)16-14-22(32)3/h7,9-12,14-20,33H,5-6,8,13,21H2,1-4H3. The summed E-state index contributed by atoms with van der Waals surface area (Å²) in [5, 5.41) is 3.62. The summed E-state index contributed by atoms with van der Waals surface area (Å²) < 4.78 is 0. The Morgan fingerprint density at radius 2 is 1.65 bits per heavy atom. The summed E-state index contributed by atoms with van der Waals surface area (Å²) in [7, 11) is 0. The van der Waals surface area contributed by atoms with Crippen LogP contribution in [0.25, 0.3) is 27.5 Å². The van der Waals surface area contributed by atoms with Gasteiger partial charge in [0.05, 0.1) is 0 Å². The second-order valence-corrected chi connectivity index (χ2v) is 11.2. The maximum atomic E-state index is 6.53. The zero-order valence-electron chi connectivity index (χ0n) is 22.4. The number of hydrogen-bond donors (Lipinski definition) is 0. The zero-order chi connectivity index (χ0) is 25.7. The van der Waals surface area contributed by atoms with E-state index in [-0.39, 0.29) is 0 Å². The predicted octanol–water partition coefficient (Wildman–Crippen LogP) is 10.3. The normalized spacial score (nSPS) is 16.7. The van der Waals surface area contributed by atoms with Crippen molar-refractivity contribution in [2.75, 3.05) is 0 Å². The first-order chi connectivity index (χ1) is 18.0. The minimum absolute atomic E-state index is 0.378. The molecule has 4 aromatic carbocycles. The van der Waals surface area contributed by atoms with Gasteiger partial charge in [-0.1, -0.05) is 85.6 Å². The van der Waals surface area contributed by atoms with Gasteiger partial charge in [-0.15, -0.1) is 0 Å². The van der Waals surface area contributed by atoms with Crippen LogP contribution in [-0.4, -0.2) is 0 Å². The average molecular weight is 503 g/mol. The highest BCUT2D eigenvalue weighted by molar-refractivity contribution is 6.30. The van der Waals surface area contributed by atoms with Crippen molar-refractivity contribution in [3.63, 3.8) is 0 Å². The van der Waals surface area contributed by atoms with E-state index in [0.717, 1.165) is 37.1 Å². The lowest BCUT2D eigenvalue weighted by atomic mass is 9.70. The SMILES string of the molecule is CCc1cccc(CC)c1-c1cc(C)c2c3c(ccc2c1)C1=C(CCC=C1)C(c1cc(Cl)ccc1C)C3. The number of benzene rings is 4. The van der Waals surface area contributed by atoms with Gasteiger partial charge < -0.3 is 0 Å². The first kappa shape index (κ1) is 24.3. The van der Waals surface area contributed by atoms with Crippen molar-refractivity contribution in [1.29, 1.82) is 0 Å². The Balaban J connectivity index is 1.58. The lowest BCUT2D eigenvalue weighted by Crippen LogP contribution is -2.17. The van der Waals surface area contributed by atoms with E-state index in [1.54, 1.807) is 5.57 Å². The number of fused-ring (bicyclic) bond motifs is 4. The maximum absolute atomic E-state index is 6.53. The first-order valence-electron chi connectivity index (χ1n) is 13.8. The van der Waals surface area contributed by atoms with Gasteiger partial charge in [-0.2, -0.15) is 0 Å². The van der Waals surface area contributed by atoms with E-state index in [4.69, 9.17) is 11.6 Å². The van der Waals surface area contributed by atoms with E-state index in [9.17, 15) is 0 Å². The van der Waals surface area contributed by atoms with Gasteiger partial charge >= 0.3 is 0 Å². The van der Waals surface area contributed by atoms with Crippen molar-refractivity contribution in [1.82, 2.24) is 0 Å². The molecule has 0 N–H and O–H groups in total. The Bertz CT molecular complexity index is 1580. The predicted molar refractivity (Wildman–Crippen MR) is 161 cm³/mol. The van der Waals surface area contributed by atoms with Gasteiger partial charge in [-0.25, -0.2) is 0 Å². The minimum atomic E-state index is 0.378. The minimum Gasteiger partial charge on any atom is -0.0843 e. The summed E-state index contributed by atoms with van der Waals surface area (Å²) >= 11 is 6.53. The molecule has 0 aliphatic heterocycles.